The molecule has 3 heterocycles. The Balaban J connectivity index is 1.37. The molecule has 0 radical (unpaired) electrons. The number of fused-ring (bicyclic) bond motifs is 2. The van der Waals surface area contributed by atoms with E-state index >= 15 is 0 Å². The maximum absolute atomic E-state index is 13.4. The van der Waals surface area contributed by atoms with Gasteiger partial charge in [0.15, 0.2) is 11.5 Å². The molecule has 3 aliphatic heterocycles. The van der Waals surface area contributed by atoms with E-state index in [1.54, 1.807) is 22.0 Å². The number of ether oxygens (including phenoxy) is 2. The van der Waals surface area contributed by atoms with Crippen LogP contribution >= 0.6 is 0 Å². The van der Waals surface area contributed by atoms with Crippen molar-refractivity contribution in [2.75, 3.05) is 33.5 Å². The highest BCUT2D eigenvalue weighted by Gasteiger charge is 2.47. The van der Waals surface area contributed by atoms with E-state index in [9.17, 15) is 19.5 Å². The number of piperazine rings is 1. The first-order chi connectivity index (χ1) is 17.9. The summed E-state index contributed by atoms with van der Waals surface area (Å²) in [4.78, 5) is 41.8. The first-order valence-electron chi connectivity index (χ1n) is 12.3. The molecule has 0 unspecified atom stereocenters. The van der Waals surface area contributed by atoms with Crippen molar-refractivity contribution in [3.8, 4) is 11.5 Å². The lowest BCUT2D eigenvalue weighted by atomic mass is 10.0. The monoisotopic (exact) mass is 509 g/mol. The summed E-state index contributed by atoms with van der Waals surface area (Å²) in [5.41, 5.74) is 1.97. The summed E-state index contributed by atoms with van der Waals surface area (Å²) >= 11 is 0. The number of hydrogen-bond acceptors (Lipinski definition) is 7. The van der Waals surface area contributed by atoms with Gasteiger partial charge in [-0.2, -0.15) is 0 Å². The van der Waals surface area contributed by atoms with E-state index in [0.717, 1.165) is 11.1 Å². The van der Waals surface area contributed by atoms with Crippen LogP contribution in [-0.2, 0) is 22.7 Å². The van der Waals surface area contributed by atoms with Crippen molar-refractivity contribution in [2.24, 2.45) is 0 Å². The predicted molar refractivity (Wildman–Crippen MR) is 132 cm³/mol. The number of benzene rings is 2. The number of carbonyl (C=O) groups is 3. The highest BCUT2D eigenvalue weighted by Crippen LogP contribution is 2.34. The molecule has 2 aromatic carbocycles. The zero-order chi connectivity index (χ0) is 25.9. The van der Waals surface area contributed by atoms with E-state index in [1.165, 1.54) is 0 Å². The molecule has 2 saturated heterocycles. The minimum atomic E-state index is -0.913. The lowest BCUT2D eigenvalue weighted by Gasteiger charge is -2.55. The van der Waals surface area contributed by atoms with Gasteiger partial charge in [0, 0.05) is 45.7 Å². The van der Waals surface area contributed by atoms with Crippen molar-refractivity contribution in [2.45, 2.75) is 38.1 Å². The van der Waals surface area contributed by atoms with E-state index in [-0.39, 0.29) is 37.7 Å². The summed E-state index contributed by atoms with van der Waals surface area (Å²) in [5, 5.41) is 15.5. The van der Waals surface area contributed by atoms with Crippen molar-refractivity contribution in [3.05, 3.63) is 59.7 Å². The number of urea groups is 1. The van der Waals surface area contributed by atoms with Gasteiger partial charge < -0.3 is 24.8 Å². The van der Waals surface area contributed by atoms with Gasteiger partial charge in [0.2, 0.25) is 12.7 Å². The van der Waals surface area contributed by atoms with E-state index < -0.39 is 12.1 Å². The maximum atomic E-state index is 13.4. The third-order valence-electron chi connectivity index (χ3n) is 6.94. The van der Waals surface area contributed by atoms with Crippen LogP contribution in [0.5, 0.6) is 11.5 Å². The Bertz CT molecular complexity index is 1160. The van der Waals surface area contributed by atoms with Crippen LogP contribution in [0.3, 0.4) is 0 Å². The maximum Gasteiger partial charge on any atom is 0.334 e. The molecular formula is C26H31N5O6. The van der Waals surface area contributed by atoms with Crippen molar-refractivity contribution in [1.29, 1.82) is 0 Å². The van der Waals surface area contributed by atoms with Gasteiger partial charge in [0.05, 0.1) is 6.54 Å². The SMILES string of the molecule is CN1CC(=O)N2[C@@H](CCC(=O)O)CN(Cc3ccc4c(c3)OCO4)C[C@@H]2N1C(=O)NCc1ccccc1. The number of likely N-dealkylation sites (N-methyl/N-ethyl adjacent to an activating group) is 1. The topological polar surface area (TPSA) is 115 Å². The molecule has 196 valence electrons. The summed E-state index contributed by atoms with van der Waals surface area (Å²) in [6.07, 6.45) is -0.323. The van der Waals surface area contributed by atoms with Gasteiger partial charge in [0.25, 0.3) is 0 Å². The number of carbonyl (C=O) groups excluding carboxylic acids is 2. The Morgan fingerprint density at radius 1 is 1.05 bits per heavy atom. The summed E-state index contributed by atoms with van der Waals surface area (Å²) in [6.45, 7) is 2.08. The number of carboxylic acids is 1. The number of hydrazine groups is 1. The molecule has 0 saturated carbocycles. The third-order valence-corrected chi connectivity index (χ3v) is 6.94. The second kappa shape index (κ2) is 10.7. The van der Waals surface area contributed by atoms with E-state index in [0.29, 0.717) is 44.1 Å². The van der Waals surface area contributed by atoms with E-state index in [1.807, 2.05) is 48.5 Å². The molecule has 2 fully saturated rings. The zero-order valence-electron chi connectivity index (χ0n) is 20.7. The van der Waals surface area contributed by atoms with Gasteiger partial charge in [-0.25, -0.2) is 14.8 Å². The first kappa shape index (κ1) is 24.8. The molecule has 0 aliphatic carbocycles. The lowest BCUT2D eigenvalue weighted by molar-refractivity contribution is -0.181. The first-order valence-corrected chi connectivity index (χ1v) is 12.3. The van der Waals surface area contributed by atoms with Crippen LogP contribution in [0.1, 0.15) is 24.0 Å². The molecule has 2 aromatic rings. The minimum absolute atomic E-state index is 0.0426. The molecule has 37 heavy (non-hydrogen) atoms. The van der Waals surface area contributed by atoms with E-state index in [4.69, 9.17) is 9.47 Å². The van der Waals surface area contributed by atoms with Crippen LogP contribution in [0.4, 0.5) is 4.79 Å². The fourth-order valence-corrected chi connectivity index (χ4v) is 5.26. The molecule has 3 aliphatic rings. The number of hydrogen-bond donors (Lipinski definition) is 2. The Morgan fingerprint density at radius 2 is 1.84 bits per heavy atom. The van der Waals surface area contributed by atoms with Crippen molar-refractivity contribution in [1.82, 2.24) is 25.1 Å². The normalized spacial score (nSPS) is 21.6. The van der Waals surface area contributed by atoms with Crippen LogP contribution in [0, 0.1) is 0 Å². The molecule has 11 nitrogen and oxygen atoms in total. The summed E-state index contributed by atoms with van der Waals surface area (Å²) < 4.78 is 10.9. The van der Waals surface area contributed by atoms with Gasteiger partial charge in [-0.15, -0.1) is 0 Å². The second-order valence-electron chi connectivity index (χ2n) is 9.55. The van der Waals surface area contributed by atoms with E-state index in [2.05, 4.69) is 10.2 Å². The molecule has 2 atom stereocenters. The lowest BCUT2D eigenvalue weighted by Crippen LogP contribution is -2.74. The largest absolute Gasteiger partial charge is 0.481 e. The number of carboxylic acid groups (broad SMARTS) is 1. The smallest absolute Gasteiger partial charge is 0.334 e. The fraction of sp³-hybridized carbons (Fsp3) is 0.423. The molecule has 0 aromatic heterocycles. The van der Waals surface area contributed by atoms with Crippen LogP contribution in [0.2, 0.25) is 0 Å². The van der Waals surface area contributed by atoms with Gasteiger partial charge in [-0.1, -0.05) is 36.4 Å². The standard InChI is InChI=1S/C26H31N5O6/c1-28-16-24(32)30-20(8-10-25(33)34)14-29(13-19-7-9-21-22(11-19)37-17-36-21)15-23(30)31(28)26(35)27-12-18-5-3-2-4-6-18/h2-7,9,11,20,23H,8,10,12-17H2,1H3,(H,27,35)(H,33,34)/t20-,23-/m0/s1. The van der Waals surface area contributed by atoms with Crippen LogP contribution in [0.25, 0.3) is 0 Å². The average molecular weight is 510 g/mol. The third kappa shape index (κ3) is 5.47. The Labute approximate surface area is 215 Å². The summed E-state index contributed by atoms with van der Waals surface area (Å²) in [6, 6.07) is 14.7. The Hall–Kier alpha value is -3.83. The molecule has 0 spiro atoms. The van der Waals surface area contributed by atoms with Crippen LogP contribution in [-0.4, -0.2) is 88.5 Å². The number of rotatable bonds is 7. The Kier molecular flexibility index (Phi) is 7.15. The van der Waals surface area contributed by atoms with Gasteiger partial charge in [0.1, 0.15) is 6.17 Å². The van der Waals surface area contributed by atoms with Gasteiger partial charge in [-0.05, 0) is 29.7 Å². The average Bonchev–Trinajstić information content (AvgIpc) is 3.34. The van der Waals surface area contributed by atoms with Crippen LogP contribution < -0.4 is 14.8 Å². The van der Waals surface area contributed by atoms with Crippen molar-refractivity contribution in [3.63, 3.8) is 0 Å². The minimum Gasteiger partial charge on any atom is -0.481 e. The van der Waals surface area contributed by atoms with Crippen LogP contribution in [0.15, 0.2) is 48.5 Å². The Morgan fingerprint density at radius 3 is 2.62 bits per heavy atom. The molecule has 3 amide bonds. The summed E-state index contributed by atoms with van der Waals surface area (Å²) in [7, 11) is 1.72. The molecular weight excluding hydrogens is 478 g/mol. The molecule has 11 heteroatoms. The van der Waals surface area contributed by atoms with Gasteiger partial charge >= 0.3 is 12.0 Å². The molecule has 0 bridgehead atoms. The van der Waals surface area contributed by atoms with Crippen molar-refractivity contribution >= 4 is 17.9 Å². The van der Waals surface area contributed by atoms with Gasteiger partial charge in [-0.3, -0.25) is 14.5 Å². The highest BCUT2D eigenvalue weighted by molar-refractivity contribution is 5.83. The molecule has 2 N–H and O–H groups in total. The highest BCUT2D eigenvalue weighted by atomic mass is 16.7. The number of aliphatic carboxylic acids is 1. The fourth-order valence-electron chi connectivity index (χ4n) is 5.26. The second-order valence-corrected chi connectivity index (χ2v) is 9.55. The molecule has 5 rings (SSSR count). The quantitative estimate of drug-likeness (QED) is 0.580. The number of nitrogens with one attached hydrogen (secondary N) is 1. The predicted octanol–water partition coefficient (Wildman–Crippen LogP) is 1.69. The summed E-state index contributed by atoms with van der Waals surface area (Å²) in [5.74, 6) is 0.364. The number of amides is 3. The van der Waals surface area contributed by atoms with Crippen molar-refractivity contribution < 1.29 is 29.0 Å². The zero-order valence-corrected chi connectivity index (χ0v) is 20.7. The number of nitrogens with zero attached hydrogens (tertiary/aromatic N) is 4.